The third-order valence-corrected chi connectivity index (χ3v) is 5.52. The molecule has 1 aliphatic heterocycles. The molecule has 3 nitrogen and oxygen atoms in total. The summed E-state index contributed by atoms with van der Waals surface area (Å²) < 4.78 is 38.7. The van der Waals surface area contributed by atoms with Crippen LogP contribution in [0.15, 0.2) is 24.3 Å². The van der Waals surface area contributed by atoms with Gasteiger partial charge < -0.3 is 10.6 Å². The summed E-state index contributed by atoms with van der Waals surface area (Å²) >= 11 is 0. The molecule has 0 atom stereocenters. The Balaban J connectivity index is 1.51. The fourth-order valence-electron chi connectivity index (χ4n) is 3.61. The average molecular weight is 354 g/mol. The fraction of sp³-hybridized carbons (Fsp3) is 0.632. The molecule has 0 radical (unpaired) electrons. The van der Waals surface area contributed by atoms with Gasteiger partial charge in [-0.1, -0.05) is 18.2 Å². The quantitative estimate of drug-likeness (QED) is 0.819. The maximum Gasteiger partial charge on any atom is 0.416 e. The third kappa shape index (κ3) is 4.75. The highest BCUT2D eigenvalue weighted by atomic mass is 19.4. The molecule has 0 aromatic heterocycles. The first-order chi connectivity index (χ1) is 11.9. The Kier molecular flexibility index (Phi) is 5.37. The molecular weight excluding hydrogens is 329 g/mol. The minimum absolute atomic E-state index is 0.0109. The molecule has 2 N–H and O–H groups in total. The lowest BCUT2D eigenvalue weighted by Crippen LogP contribution is -2.33. The van der Waals surface area contributed by atoms with Crippen LogP contribution >= 0.6 is 0 Å². The van der Waals surface area contributed by atoms with Crippen molar-refractivity contribution in [3.63, 3.8) is 0 Å². The van der Waals surface area contributed by atoms with Gasteiger partial charge in [0.15, 0.2) is 0 Å². The second kappa shape index (κ2) is 7.36. The van der Waals surface area contributed by atoms with Crippen LogP contribution in [-0.2, 0) is 16.4 Å². The van der Waals surface area contributed by atoms with Gasteiger partial charge in [0.25, 0.3) is 0 Å². The van der Waals surface area contributed by atoms with E-state index in [0.717, 1.165) is 51.3 Å². The van der Waals surface area contributed by atoms with Crippen LogP contribution in [0.1, 0.15) is 49.7 Å². The van der Waals surface area contributed by atoms with Crippen LogP contribution in [0, 0.1) is 5.92 Å². The highest BCUT2D eigenvalue weighted by Crippen LogP contribution is 2.48. The number of carbonyl (C=O) groups is 1. The zero-order valence-electron chi connectivity index (χ0n) is 14.3. The van der Waals surface area contributed by atoms with Gasteiger partial charge in [-0.15, -0.1) is 0 Å². The second-order valence-electron chi connectivity index (χ2n) is 7.37. The van der Waals surface area contributed by atoms with E-state index in [0.29, 0.717) is 24.4 Å². The Morgan fingerprint density at radius 1 is 1.24 bits per heavy atom. The van der Waals surface area contributed by atoms with E-state index in [-0.39, 0.29) is 11.3 Å². The molecule has 1 aromatic rings. The SMILES string of the molecule is O=C(CCC1CCNCC1)NCC1(c2cccc(C(F)(F)F)c2)CC1. The number of hydrogen-bond acceptors (Lipinski definition) is 2. The number of halogens is 3. The molecule has 1 heterocycles. The minimum Gasteiger partial charge on any atom is -0.355 e. The average Bonchev–Trinajstić information content (AvgIpc) is 3.40. The van der Waals surface area contributed by atoms with Gasteiger partial charge >= 0.3 is 6.18 Å². The number of alkyl halides is 3. The lowest BCUT2D eigenvalue weighted by molar-refractivity contribution is -0.137. The van der Waals surface area contributed by atoms with Crippen LogP contribution in [0.25, 0.3) is 0 Å². The maximum absolute atomic E-state index is 12.9. The molecule has 1 amide bonds. The van der Waals surface area contributed by atoms with Gasteiger partial charge in [0, 0.05) is 18.4 Å². The van der Waals surface area contributed by atoms with Crippen molar-refractivity contribution in [2.45, 2.75) is 50.1 Å². The van der Waals surface area contributed by atoms with E-state index in [2.05, 4.69) is 10.6 Å². The molecule has 2 fully saturated rings. The van der Waals surface area contributed by atoms with Crippen molar-refractivity contribution >= 4 is 5.91 Å². The number of rotatable bonds is 6. The van der Waals surface area contributed by atoms with Gasteiger partial charge in [-0.2, -0.15) is 13.2 Å². The van der Waals surface area contributed by atoms with Gasteiger partial charge in [0.1, 0.15) is 0 Å². The van der Waals surface area contributed by atoms with Crippen LogP contribution in [0.3, 0.4) is 0 Å². The summed E-state index contributed by atoms with van der Waals surface area (Å²) in [6.45, 7) is 2.47. The predicted molar refractivity (Wildman–Crippen MR) is 90.2 cm³/mol. The van der Waals surface area contributed by atoms with Crippen LogP contribution in [0.5, 0.6) is 0 Å². The van der Waals surface area contributed by atoms with Crippen LogP contribution in [0.2, 0.25) is 0 Å². The van der Waals surface area contributed by atoms with Crippen LogP contribution in [0.4, 0.5) is 13.2 Å². The summed E-state index contributed by atoms with van der Waals surface area (Å²) in [6, 6.07) is 5.52. The largest absolute Gasteiger partial charge is 0.416 e. The molecule has 1 saturated carbocycles. The lowest BCUT2D eigenvalue weighted by atomic mass is 9.92. The Morgan fingerprint density at radius 3 is 2.60 bits per heavy atom. The van der Waals surface area contributed by atoms with Crippen LogP contribution < -0.4 is 10.6 Å². The molecule has 6 heteroatoms. The number of nitrogens with one attached hydrogen (secondary N) is 2. The second-order valence-corrected chi connectivity index (χ2v) is 7.37. The third-order valence-electron chi connectivity index (χ3n) is 5.52. The van der Waals surface area contributed by atoms with Crippen molar-refractivity contribution < 1.29 is 18.0 Å². The van der Waals surface area contributed by atoms with E-state index in [1.807, 2.05) is 0 Å². The monoisotopic (exact) mass is 354 g/mol. The Labute approximate surface area is 146 Å². The first-order valence-electron chi connectivity index (χ1n) is 9.04. The zero-order valence-corrected chi connectivity index (χ0v) is 14.3. The van der Waals surface area contributed by atoms with Crippen LogP contribution in [-0.4, -0.2) is 25.5 Å². The van der Waals surface area contributed by atoms with Crippen molar-refractivity contribution in [3.05, 3.63) is 35.4 Å². The van der Waals surface area contributed by atoms with Crippen molar-refractivity contribution in [1.29, 1.82) is 0 Å². The van der Waals surface area contributed by atoms with E-state index in [1.54, 1.807) is 6.07 Å². The predicted octanol–water partition coefficient (Wildman–Crippen LogP) is 3.63. The number of hydrogen-bond donors (Lipinski definition) is 2. The Morgan fingerprint density at radius 2 is 1.96 bits per heavy atom. The Hall–Kier alpha value is -1.56. The summed E-state index contributed by atoms with van der Waals surface area (Å²) in [5, 5.41) is 6.25. The highest BCUT2D eigenvalue weighted by molar-refractivity contribution is 5.76. The first kappa shape index (κ1) is 18.2. The first-order valence-corrected chi connectivity index (χ1v) is 9.04. The summed E-state index contributed by atoms with van der Waals surface area (Å²) in [7, 11) is 0. The van der Waals surface area contributed by atoms with E-state index < -0.39 is 11.7 Å². The molecule has 0 bridgehead atoms. The molecule has 2 aliphatic rings. The molecule has 0 spiro atoms. The van der Waals surface area contributed by atoms with E-state index in [4.69, 9.17) is 0 Å². The number of piperidine rings is 1. The van der Waals surface area contributed by atoms with Gasteiger partial charge in [-0.25, -0.2) is 0 Å². The molecule has 1 aliphatic carbocycles. The summed E-state index contributed by atoms with van der Waals surface area (Å²) in [4.78, 5) is 12.1. The maximum atomic E-state index is 12.9. The summed E-state index contributed by atoms with van der Waals surface area (Å²) in [5.41, 5.74) is -0.249. The standard InChI is InChI=1S/C19H25F3N2O/c20-19(21,22)16-3-1-2-15(12-16)18(8-9-18)13-24-17(25)5-4-14-6-10-23-11-7-14/h1-3,12,14,23H,4-11,13H2,(H,24,25). The number of carbonyl (C=O) groups excluding carboxylic acids is 1. The lowest BCUT2D eigenvalue weighted by Gasteiger charge is -2.22. The number of amides is 1. The zero-order chi connectivity index (χ0) is 17.9. The van der Waals surface area contributed by atoms with Crippen molar-refractivity contribution in [1.82, 2.24) is 10.6 Å². The molecule has 1 aromatic carbocycles. The smallest absolute Gasteiger partial charge is 0.355 e. The molecule has 1 saturated heterocycles. The van der Waals surface area contributed by atoms with Gasteiger partial charge in [0.2, 0.25) is 5.91 Å². The Bertz CT molecular complexity index is 605. The van der Waals surface area contributed by atoms with E-state index >= 15 is 0 Å². The fourth-order valence-corrected chi connectivity index (χ4v) is 3.61. The topological polar surface area (TPSA) is 41.1 Å². The van der Waals surface area contributed by atoms with Gasteiger partial charge in [-0.3, -0.25) is 4.79 Å². The van der Waals surface area contributed by atoms with Crippen molar-refractivity contribution in [2.75, 3.05) is 19.6 Å². The normalized spacial score (nSPS) is 20.3. The molecule has 0 unspecified atom stereocenters. The van der Waals surface area contributed by atoms with E-state index in [1.165, 1.54) is 12.1 Å². The molecule has 138 valence electrons. The minimum atomic E-state index is -4.33. The van der Waals surface area contributed by atoms with Gasteiger partial charge in [0.05, 0.1) is 5.56 Å². The highest BCUT2D eigenvalue weighted by Gasteiger charge is 2.45. The summed E-state index contributed by atoms with van der Waals surface area (Å²) in [5.74, 6) is 0.613. The van der Waals surface area contributed by atoms with Gasteiger partial charge in [-0.05, 0) is 62.7 Å². The molecule has 25 heavy (non-hydrogen) atoms. The summed E-state index contributed by atoms with van der Waals surface area (Å²) in [6.07, 6.45) is 0.937. The number of benzene rings is 1. The molecule has 3 rings (SSSR count). The van der Waals surface area contributed by atoms with Crippen molar-refractivity contribution in [2.24, 2.45) is 5.92 Å². The van der Waals surface area contributed by atoms with E-state index in [9.17, 15) is 18.0 Å². The molecular formula is C19H25F3N2O. The van der Waals surface area contributed by atoms with Crippen molar-refractivity contribution in [3.8, 4) is 0 Å².